The fourth-order valence-corrected chi connectivity index (χ4v) is 9.23. The van der Waals surface area contributed by atoms with E-state index in [9.17, 15) is 0 Å². The molecule has 7 heteroatoms. The van der Waals surface area contributed by atoms with Gasteiger partial charge in [-0.1, -0.05) is 0 Å². The summed E-state index contributed by atoms with van der Waals surface area (Å²) in [5.74, 6) is 4.56. The number of hydrogen-bond donors (Lipinski definition) is 0. The Balaban J connectivity index is 0.884. The third-order valence-corrected chi connectivity index (χ3v) is 12.0. The molecule has 41 heavy (non-hydrogen) atoms. The fraction of sp³-hybridized carbons (Fsp3) is 1.00. The molecule has 0 aromatic heterocycles. The molecule has 232 valence electrons. The van der Waals surface area contributed by atoms with E-state index in [0.29, 0.717) is 80.8 Å². The molecule has 0 radical (unpaired) electrons. The van der Waals surface area contributed by atoms with Gasteiger partial charge in [0.2, 0.25) is 0 Å². The van der Waals surface area contributed by atoms with Gasteiger partial charge in [-0.25, -0.2) is 0 Å². The summed E-state index contributed by atoms with van der Waals surface area (Å²) >= 11 is 0. The van der Waals surface area contributed by atoms with Gasteiger partial charge in [-0.05, 0) is 119 Å². The maximum atomic E-state index is 6.60. The lowest BCUT2D eigenvalue weighted by atomic mass is 9.81. The van der Waals surface area contributed by atoms with Gasteiger partial charge in [-0.15, -0.1) is 0 Å². The first-order chi connectivity index (χ1) is 20.2. The molecule has 4 heterocycles. The predicted molar refractivity (Wildman–Crippen MR) is 153 cm³/mol. The molecule has 0 aromatic carbocycles. The van der Waals surface area contributed by atoms with Crippen molar-refractivity contribution in [3.63, 3.8) is 0 Å². The molecule has 2 bridgehead atoms. The van der Waals surface area contributed by atoms with Gasteiger partial charge in [0.25, 0.3) is 0 Å². The molecule has 0 N–H and O–H groups in total. The van der Waals surface area contributed by atoms with Crippen LogP contribution in [0.2, 0.25) is 0 Å². The summed E-state index contributed by atoms with van der Waals surface area (Å²) in [5, 5.41) is 0. The van der Waals surface area contributed by atoms with Crippen LogP contribution in [0.1, 0.15) is 83.5 Å². The SMILES string of the molecule is C1CC2CC2CC1COCC(COCC1CC2CC(C1)O2)(COCC1CCC2OC2C1)COCC1CCC2OC2C1. The van der Waals surface area contributed by atoms with Gasteiger partial charge in [0.05, 0.1) is 68.5 Å². The van der Waals surface area contributed by atoms with Gasteiger partial charge >= 0.3 is 0 Å². The number of hydrogen-bond acceptors (Lipinski definition) is 7. The summed E-state index contributed by atoms with van der Waals surface area (Å²) in [6.07, 6.45) is 19.3. The van der Waals surface area contributed by atoms with Crippen LogP contribution in [0.4, 0.5) is 0 Å². The molecule has 7 nitrogen and oxygen atoms in total. The van der Waals surface area contributed by atoms with Crippen LogP contribution in [-0.2, 0) is 33.2 Å². The van der Waals surface area contributed by atoms with Crippen molar-refractivity contribution in [3.05, 3.63) is 0 Å². The molecule has 9 fully saturated rings. The molecule has 5 saturated carbocycles. The molecule has 4 aliphatic heterocycles. The molecular weight excluding hydrogens is 520 g/mol. The standard InChI is InChI=1S/C34H54O7/c1-4-26-12-27(26)7-22(1)14-35-18-34(19-36-15-23-2-5-30-32(10-23)40-30,20-37-16-24-3-6-31-33(11-24)41-31)21-38-17-25-8-28-13-29(9-25)39-28/h22-33H,1-21H2. The van der Waals surface area contributed by atoms with Crippen molar-refractivity contribution >= 4 is 0 Å². The molecule has 5 aliphatic carbocycles. The Morgan fingerprint density at radius 3 is 1.41 bits per heavy atom. The minimum absolute atomic E-state index is 0.272. The average Bonchev–Trinajstić information content (AvgIpc) is 3.85. The van der Waals surface area contributed by atoms with Gasteiger partial charge in [0.15, 0.2) is 0 Å². The first-order valence-corrected chi connectivity index (χ1v) is 17.4. The molecule has 11 atom stereocenters. The zero-order valence-electron chi connectivity index (χ0n) is 25.1. The highest BCUT2D eigenvalue weighted by Crippen LogP contribution is 2.51. The Hall–Kier alpha value is -0.280. The van der Waals surface area contributed by atoms with Gasteiger partial charge in [0.1, 0.15) is 0 Å². The maximum absolute atomic E-state index is 6.60. The summed E-state index contributed by atoms with van der Waals surface area (Å²) in [7, 11) is 0. The van der Waals surface area contributed by atoms with Crippen molar-refractivity contribution in [1.82, 2.24) is 0 Å². The van der Waals surface area contributed by atoms with E-state index in [-0.39, 0.29) is 5.41 Å². The summed E-state index contributed by atoms with van der Waals surface area (Å²) in [4.78, 5) is 0. The quantitative estimate of drug-likeness (QED) is 0.235. The molecular formula is C34H54O7. The van der Waals surface area contributed by atoms with E-state index in [4.69, 9.17) is 33.2 Å². The third-order valence-electron chi connectivity index (χ3n) is 12.0. The molecule has 0 spiro atoms. The zero-order chi connectivity index (χ0) is 27.2. The van der Waals surface area contributed by atoms with E-state index in [1.807, 2.05) is 0 Å². The van der Waals surface area contributed by atoms with E-state index in [1.54, 1.807) is 0 Å². The van der Waals surface area contributed by atoms with Gasteiger partial charge in [-0.3, -0.25) is 0 Å². The second kappa shape index (κ2) is 12.3. The van der Waals surface area contributed by atoms with Gasteiger partial charge < -0.3 is 33.2 Å². The van der Waals surface area contributed by atoms with Crippen molar-refractivity contribution in [3.8, 4) is 0 Å². The van der Waals surface area contributed by atoms with E-state index in [1.165, 1.54) is 57.8 Å². The topological polar surface area (TPSA) is 71.2 Å². The number of ether oxygens (including phenoxy) is 7. The van der Waals surface area contributed by atoms with Gasteiger partial charge in [0, 0.05) is 26.4 Å². The van der Waals surface area contributed by atoms with Crippen molar-refractivity contribution in [2.24, 2.45) is 40.9 Å². The minimum Gasteiger partial charge on any atom is -0.380 e. The highest BCUT2D eigenvalue weighted by atomic mass is 16.6. The Kier molecular flexibility index (Phi) is 8.43. The van der Waals surface area contributed by atoms with E-state index < -0.39 is 0 Å². The van der Waals surface area contributed by atoms with Crippen LogP contribution in [0.25, 0.3) is 0 Å². The number of epoxide rings is 2. The molecule has 4 saturated heterocycles. The van der Waals surface area contributed by atoms with E-state index >= 15 is 0 Å². The van der Waals surface area contributed by atoms with Crippen LogP contribution < -0.4 is 0 Å². The Labute approximate surface area is 247 Å². The lowest BCUT2D eigenvalue weighted by Crippen LogP contribution is -2.47. The molecule has 9 aliphatic rings. The van der Waals surface area contributed by atoms with Crippen LogP contribution in [0.3, 0.4) is 0 Å². The molecule has 11 unspecified atom stereocenters. The molecule has 9 rings (SSSR count). The van der Waals surface area contributed by atoms with Crippen molar-refractivity contribution in [1.29, 1.82) is 0 Å². The van der Waals surface area contributed by atoms with Crippen molar-refractivity contribution in [2.75, 3.05) is 52.9 Å². The first kappa shape index (κ1) is 28.2. The maximum Gasteiger partial charge on any atom is 0.0845 e. The number of rotatable bonds is 16. The summed E-state index contributed by atoms with van der Waals surface area (Å²) < 4.78 is 43.8. The third kappa shape index (κ3) is 7.18. The Morgan fingerprint density at radius 2 is 0.902 bits per heavy atom. The normalized spacial score (nSPS) is 46.8. The van der Waals surface area contributed by atoms with Crippen LogP contribution in [-0.4, -0.2) is 89.5 Å². The highest BCUT2D eigenvalue weighted by molar-refractivity contribution is 4.94. The monoisotopic (exact) mass is 574 g/mol. The highest BCUT2D eigenvalue weighted by Gasteiger charge is 2.46. The summed E-state index contributed by atoms with van der Waals surface area (Å²) in [6.45, 7) is 5.91. The smallest absolute Gasteiger partial charge is 0.0845 e. The number of fused-ring (bicyclic) bond motifs is 5. The summed E-state index contributed by atoms with van der Waals surface area (Å²) in [6, 6.07) is 0. The van der Waals surface area contributed by atoms with Crippen LogP contribution >= 0.6 is 0 Å². The predicted octanol–water partition coefficient (Wildman–Crippen LogP) is 5.18. The van der Waals surface area contributed by atoms with Crippen molar-refractivity contribution in [2.45, 2.75) is 120 Å². The summed E-state index contributed by atoms with van der Waals surface area (Å²) in [5.41, 5.74) is -0.272. The minimum atomic E-state index is -0.272. The fourth-order valence-electron chi connectivity index (χ4n) is 9.23. The second-order valence-corrected chi connectivity index (χ2v) is 15.7. The lowest BCUT2D eigenvalue weighted by molar-refractivity contribution is -0.184. The Bertz CT molecular complexity index is 758. The largest absolute Gasteiger partial charge is 0.380 e. The van der Waals surface area contributed by atoms with E-state index in [0.717, 1.165) is 69.9 Å². The Morgan fingerprint density at radius 1 is 0.415 bits per heavy atom. The average molecular weight is 575 g/mol. The van der Waals surface area contributed by atoms with Crippen molar-refractivity contribution < 1.29 is 33.2 Å². The van der Waals surface area contributed by atoms with Crippen LogP contribution in [0.15, 0.2) is 0 Å². The van der Waals surface area contributed by atoms with Crippen LogP contribution in [0, 0.1) is 40.9 Å². The zero-order valence-corrected chi connectivity index (χ0v) is 25.1. The van der Waals surface area contributed by atoms with Gasteiger partial charge in [-0.2, -0.15) is 0 Å². The first-order valence-electron chi connectivity index (χ1n) is 17.4. The molecule has 0 amide bonds. The van der Waals surface area contributed by atoms with Crippen LogP contribution in [0.5, 0.6) is 0 Å². The lowest BCUT2D eigenvalue weighted by Gasteiger charge is -2.45. The van der Waals surface area contributed by atoms with E-state index in [2.05, 4.69) is 0 Å². The molecule has 0 aromatic rings. The second-order valence-electron chi connectivity index (χ2n) is 15.7.